The van der Waals surface area contributed by atoms with E-state index in [2.05, 4.69) is 5.32 Å². The van der Waals surface area contributed by atoms with Gasteiger partial charge < -0.3 is 5.32 Å². The average Bonchev–Trinajstić information content (AvgIpc) is 2.55. The Morgan fingerprint density at radius 3 is 2.36 bits per heavy atom. The van der Waals surface area contributed by atoms with Gasteiger partial charge in [0.1, 0.15) is 11.6 Å². The molecular formula is C17H18F2N2O3S. The molecule has 0 fully saturated rings. The Kier molecular flexibility index (Phi) is 6.22. The second kappa shape index (κ2) is 8.17. The van der Waals surface area contributed by atoms with Gasteiger partial charge in [-0.25, -0.2) is 22.3 Å². The summed E-state index contributed by atoms with van der Waals surface area (Å²) in [6, 6.07) is 9.18. The first-order valence-electron chi connectivity index (χ1n) is 7.58. The predicted octanol–water partition coefficient (Wildman–Crippen LogP) is 1.90. The number of hydrogen-bond acceptors (Lipinski definition) is 3. The molecule has 25 heavy (non-hydrogen) atoms. The molecule has 5 nitrogen and oxygen atoms in total. The Bertz CT molecular complexity index is 853. The number of nitrogens with one attached hydrogen (secondary N) is 1. The molecule has 134 valence electrons. The Labute approximate surface area is 144 Å². The lowest BCUT2D eigenvalue weighted by Gasteiger charge is -2.07. The molecule has 0 unspecified atom stereocenters. The maximum atomic E-state index is 13.5. The van der Waals surface area contributed by atoms with Crippen LogP contribution in [0.15, 0.2) is 47.4 Å². The molecular weight excluding hydrogens is 350 g/mol. The minimum Gasteiger partial charge on any atom is -0.356 e. The number of primary sulfonamides is 1. The van der Waals surface area contributed by atoms with Crippen LogP contribution in [0.5, 0.6) is 0 Å². The smallest absolute Gasteiger partial charge is 0.238 e. The van der Waals surface area contributed by atoms with Crippen molar-refractivity contribution in [2.45, 2.75) is 24.2 Å². The Morgan fingerprint density at radius 2 is 1.72 bits per heavy atom. The zero-order valence-corrected chi connectivity index (χ0v) is 14.2. The highest BCUT2D eigenvalue weighted by molar-refractivity contribution is 7.89. The molecule has 2 rings (SSSR count). The molecule has 0 radical (unpaired) electrons. The van der Waals surface area contributed by atoms with E-state index < -0.39 is 21.7 Å². The van der Waals surface area contributed by atoms with E-state index in [1.165, 1.54) is 12.1 Å². The van der Waals surface area contributed by atoms with E-state index >= 15 is 0 Å². The molecule has 0 aliphatic rings. The zero-order valence-electron chi connectivity index (χ0n) is 13.3. The largest absolute Gasteiger partial charge is 0.356 e. The molecule has 0 atom stereocenters. The van der Waals surface area contributed by atoms with Crippen molar-refractivity contribution in [2.75, 3.05) is 6.54 Å². The van der Waals surface area contributed by atoms with Crippen LogP contribution in [0.4, 0.5) is 8.78 Å². The van der Waals surface area contributed by atoms with Gasteiger partial charge in [0.25, 0.3) is 0 Å². The number of benzene rings is 2. The first-order valence-corrected chi connectivity index (χ1v) is 9.13. The monoisotopic (exact) mass is 368 g/mol. The van der Waals surface area contributed by atoms with Crippen LogP contribution in [-0.4, -0.2) is 20.9 Å². The summed E-state index contributed by atoms with van der Waals surface area (Å²) in [4.78, 5) is 11.8. The van der Waals surface area contributed by atoms with Gasteiger partial charge in [0.2, 0.25) is 15.9 Å². The Morgan fingerprint density at radius 1 is 1.04 bits per heavy atom. The normalized spacial score (nSPS) is 11.3. The number of hydrogen-bond donors (Lipinski definition) is 2. The summed E-state index contributed by atoms with van der Waals surface area (Å²) >= 11 is 0. The second-order valence-electron chi connectivity index (χ2n) is 5.52. The molecule has 0 aliphatic heterocycles. The fourth-order valence-electron chi connectivity index (χ4n) is 2.26. The van der Waals surface area contributed by atoms with Crippen LogP contribution in [0, 0.1) is 11.6 Å². The number of carbonyl (C=O) groups is 1. The van der Waals surface area contributed by atoms with Gasteiger partial charge in [-0.3, -0.25) is 4.79 Å². The van der Waals surface area contributed by atoms with E-state index in [1.54, 1.807) is 12.1 Å². The minimum absolute atomic E-state index is 0.0254. The van der Waals surface area contributed by atoms with Crippen LogP contribution in [0.25, 0.3) is 0 Å². The molecule has 3 N–H and O–H groups in total. The van der Waals surface area contributed by atoms with Crippen LogP contribution in [0.2, 0.25) is 0 Å². The molecule has 1 amide bonds. The van der Waals surface area contributed by atoms with Crippen molar-refractivity contribution >= 4 is 15.9 Å². The van der Waals surface area contributed by atoms with Gasteiger partial charge in [-0.15, -0.1) is 0 Å². The van der Waals surface area contributed by atoms with Crippen LogP contribution >= 0.6 is 0 Å². The lowest BCUT2D eigenvalue weighted by molar-refractivity contribution is -0.121. The topological polar surface area (TPSA) is 89.3 Å². The first kappa shape index (κ1) is 19.0. The molecule has 8 heteroatoms. The van der Waals surface area contributed by atoms with Crippen LogP contribution < -0.4 is 10.5 Å². The summed E-state index contributed by atoms with van der Waals surface area (Å²) in [7, 11) is -3.72. The standard InChI is InChI=1S/C17H18F2N2O3S/c18-14-4-7-16(19)13(11-14)3-8-17(22)21-10-9-12-1-5-15(6-2-12)25(20,23)24/h1-2,4-7,11H,3,8-10H2,(H,21,22)(H2,20,23,24). The highest BCUT2D eigenvalue weighted by Gasteiger charge is 2.08. The van der Waals surface area contributed by atoms with Crippen molar-refractivity contribution in [3.8, 4) is 0 Å². The van der Waals surface area contributed by atoms with Crippen molar-refractivity contribution in [1.82, 2.24) is 5.32 Å². The number of nitrogens with two attached hydrogens (primary N) is 1. The van der Waals surface area contributed by atoms with Gasteiger partial charge >= 0.3 is 0 Å². The van der Waals surface area contributed by atoms with Crippen molar-refractivity contribution in [3.63, 3.8) is 0 Å². The minimum atomic E-state index is -3.72. The van der Waals surface area contributed by atoms with Gasteiger partial charge in [0, 0.05) is 13.0 Å². The van der Waals surface area contributed by atoms with Crippen molar-refractivity contribution in [3.05, 3.63) is 65.2 Å². The highest BCUT2D eigenvalue weighted by Crippen LogP contribution is 2.12. The van der Waals surface area contributed by atoms with E-state index in [0.717, 1.165) is 23.8 Å². The van der Waals surface area contributed by atoms with Crippen molar-refractivity contribution in [2.24, 2.45) is 5.14 Å². The van der Waals surface area contributed by atoms with E-state index in [9.17, 15) is 22.0 Å². The molecule has 0 aromatic heterocycles. The number of aryl methyl sites for hydroxylation is 1. The van der Waals surface area contributed by atoms with Crippen LogP contribution in [-0.2, 0) is 27.7 Å². The molecule has 2 aromatic rings. The maximum absolute atomic E-state index is 13.5. The summed E-state index contributed by atoms with van der Waals surface area (Å²) in [5.41, 5.74) is 0.998. The van der Waals surface area contributed by atoms with Gasteiger partial charge in [-0.1, -0.05) is 12.1 Å². The number of halogens is 2. The van der Waals surface area contributed by atoms with Gasteiger partial charge in [-0.05, 0) is 54.3 Å². The fourth-order valence-corrected chi connectivity index (χ4v) is 2.78. The van der Waals surface area contributed by atoms with Crippen molar-refractivity contribution in [1.29, 1.82) is 0 Å². The lowest BCUT2D eigenvalue weighted by Crippen LogP contribution is -2.26. The number of rotatable bonds is 7. The summed E-state index contributed by atoms with van der Waals surface area (Å²) < 4.78 is 48.8. The van der Waals surface area contributed by atoms with E-state index in [-0.39, 0.29) is 29.2 Å². The summed E-state index contributed by atoms with van der Waals surface area (Å²) in [6.45, 7) is 0.346. The van der Waals surface area contributed by atoms with Gasteiger partial charge in [0.15, 0.2) is 0 Å². The molecule has 0 bridgehead atoms. The Hall–Kier alpha value is -2.32. The number of carbonyl (C=O) groups excluding carboxylic acids is 1. The third kappa shape index (κ3) is 5.91. The highest BCUT2D eigenvalue weighted by atomic mass is 32.2. The average molecular weight is 368 g/mol. The molecule has 0 heterocycles. The summed E-state index contributed by atoms with van der Waals surface area (Å²) in [5.74, 6) is -1.35. The summed E-state index contributed by atoms with van der Waals surface area (Å²) in [5, 5.41) is 7.70. The Balaban J connectivity index is 1.78. The maximum Gasteiger partial charge on any atom is 0.238 e. The van der Waals surface area contributed by atoms with Crippen LogP contribution in [0.1, 0.15) is 17.5 Å². The third-order valence-corrected chi connectivity index (χ3v) is 4.55. The number of sulfonamides is 1. The van der Waals surface area contributed by atoms with E-state index in [0.29, 0.717) is 13.0 Å². The quantitative estimate of drug-likeness (QED) is 0.782. The SMILES string of the molecule is NS(=O)(=O)c1ccc(CCNC(=O)CCc2cc(F)ccc2F)cc1. The van der Waals surface area contributed by atoms with Crippen LogP contribution in [0.3, 0.4) is 0 Å². The number of amides is 1. The molecule has 0 saturated carbocycles. The van der Waals surface area contributed by atoms with E-state index in [4.69, 9.17) is 5.14 Å². The molecule has 0 aliphatic carbocycles. The van der Waals surface area contributed by atoms with E-state index in [1.807, 2.05) is 0 Å². The zero-order chi connectivity index (χ0) is 18.4. The third-order valence-electron chi connectivity index (χ3n) is 3.62. The van der Waals surface area contributed by atoms with Gasteiger partial charge in [-0.2, -0.15) is 0 Å². The predicted molar refractivity (Wildman–Crippen MR) is 89.2 cm³/mol. The van der Waals surface area contributed by atoms with Gasteiger partial charge in [0.05, 0.1) is 4.90 Å². The molecule has 0 spiro atoms. The molecule has 0 saturated heterocycles. The lowest BCUT2D eigenvalue weighted by atomic mass is 10.1. The fraction of sp³-hybridized carbons (Fsp3) is 0.235. The summed E-state index contributed by atoms with van der Waals surface area (Å²) in [6.07, 6.45) is 0.661. The molecule has 2 aromatic carbocycles. The van der Waals surface area contributed by atoms with Crippen molar-refractivity contribution < 1.29 is 22.0 Å². The first-order chi connectivity index (χ1) is 11.8. The second-order valence-corrected chi connectivity index (χ2v) is 7.09.